The molecule has 0 bridgehead atoms. The molecule has 0 aromatic heterocycles. The average Bonchev–Trinajstić information content (AvgIpc) is 2.69. The maximum atomic E-state index is 5.93. The van der Waals surface area contributed by atoms with E-state index >= 15 is 0 Å². The average molecular weight is 167 g/mol. The van der Waals surface area contributed by atoms with Crippen molar-refractivity contribution in [3.05, 3.63) is 35.4 Å². The number of benzene rings is 1. The molecule has 0 saturated heterocycles. The van der Waals surface area contributed by atoms with Gasteiger partial charge in [-0.2, -0.15) is 0 Å². The Bertz CT molecular complexity index is 250. The Balaban J connectivity index is 2.21. The zero-order valence-electron chi connectivity index (χ0n) is 6.55. The SMILES string of the molecule is Cc1ccc([C@@H]2C[C@@H]2Cl)cc1. The molecule has 2 rings (SSSR count). The number of alkyl halides is 1. The number of hydrogen-bond acceptors (Lipinski definition) is 0. The second-order valence-electron chi connectivity index (χ2n) is 3.27. The molecule has 1 aliphatic carbocycles. The topological polar surface area (TPSA) is 0 Å². The van der Waals surface area contributed by atoms with Crippen LogP contribution in [0.5, 0.6) is 0 Å². The lowest BCUT2D eigenvalue weighted by atomic mass is 10.1. The summed E-state index contributed by atoms with van der Waals surface area (Å²) >= 11 is 5.93. The first-order valence-electron chi connectivity index (χ1n) is 3.98. The van der Waals surface area contributed by atoms with Gasteiger partial charge in [-0.15, -0.1) is 11.6 Å². The van der Waals surface area contributed by atoms with Gasteiger partial charge in [0.1, 0.15) is 0 Å². The van der Waals surface area contributed by atoms with Gasteiger partial charge in [-0.05, 0) is 18.9 Å². The van der Waals surface area contributed by atoms with Crippen LogP contribution in [0.25, 0.3) is 0 Å². The van der Waals surface area contributed by atoms with Crippen LogP contribution in [-0.4, -0.2) is 5.38 Å². The summed E-state index contributed by atoms with van der Waals surface area (Å²) in [6.07, 6.45) is 1.16. The van der Waals surface area contributed by atoms with Crippen LogP contribution in [-0.2, 0) is 0 Å². The van der Waals surface area contributed by atoms with Gasteiger partial charge in [0.2, 0.25) is 0 Å². The molecule has 2 atom stereocenters. The highest BCUT2D eigenvalue weighted by Crippen LogP contribution is 2.44. The smallest absolute Gasteiger partial charge is 0.0411 e. The standard InChI is InChI=1S/C10H11Cl/c1-7-2-4-8(5-3-7)9-6-10(9)11/h2-5,9-10H,6H2,1H3/t9-,10-/m0/s1. The molecule has 1 aliphatic rings. The largest absolute Gasteiger partial charge is 0.122 e. The van der Waals surface area contributed by atoms with Crippen molar-refractivity contribution in [3.63, 3.8) is 0 Å². The number of hydrogen-bond donors (Lipinski definition) is 0. The summed E-state index contributed by atoms with van der Waals surface area (Å²) in [6, 6.07) is 8.67. The monoisotopic (exact) mass is 166 g/mol. The molecular formula is C10H11Cl. The first kappa shape index (κ1) is 7.17. The highest BCUT2D eigenvalue weighted by molar-refractivity contribution is 6.23. The van der Waals surface area contributed by atoms with Gasteiger partial charge in [-0.1, -0.05) is 29.8 Å². The van der Waals surface area contributed by atoms with Gasteiger partial charge in [0.15, 0.2) is 0 Å². The molecule has 0 radical (unpaired) electrons. The molecule has 0 aliphatic heterocycles. The van der Waals surface area contributed by atoms with Gasteiger partial charge in [-0.25, -0.2) is 0 Å². The molecule has 1 aromatic carbocycles. The minimum Gasteiger partial charge on any atom is -0.122 e. The van der Waals surface area contributed by atoms with E-state index in [0.29, 0.717) is 11.3 Å². The Kier molecular flexibility index (Phi) is 1.65. The third-order valence-electron chi connectivity index (χ3n) is 2.22. The molecule has 11 heavy (non-hydrogen) atoms. The molecule has 1 aromatic rings. The minimum absolute atomic E-state index is 0.401. The molecule has 1 fully saturated rings. The maximum Gasteiger partial charge on any atom is 0.0411 e. The lowest BCUT2D eigenvalue weighted by molar-refractivity contribution is 1.13. The fraction of sp³-hybridized carbons (Fsp3) is 0.400. The van der Waals surface area contributed by atoms with Crippen LogP contribution >= 0.6 is 11.6 Å². The van der Waals surface area contributed by atoms with Gasteiger partial charge in [-0.3, -0.25) is 0 Å². The summed E-state index contributed by atoms with van der Waals surface area (Å²) in [5.74, 6) is 0.636. The van der Waals surface area contributed by atoms with Crippen molar-refractivity contribution in [1.82, 2.24) is 0 Å². The number of rotatable bonds is 1. The minimum atomic E-state index is 0.401. The molecule has 58 valence electrons. The van der Waals surface area contributed by atoms with E-state index in [1.807, 2.05) is 0 Å². The van der Waals surface area contributed by atoms with Gasteiger partial charge in [0.05, 0.1) is 0 Å². The summed E-state index contributed by atoms with van der Waals surface area (Å²) in [7, 11) is 0. The zero-order valence-corrected chi connectivity index (χ0v) is 7.31. The van der Waals surface area contributed by atoms with Crippen LogP contribution < -0.4 is 0 Å². The van der Waals surface area contributed by atoms with Crippen molar-refractivity contribution in [2.75, 3.05) is 0 Å². The zero-order chi connectivity index (χ0) is 7.84. The van der Waals surface area contributed by atoms with Gasteiger partial charge < -0.3 is 0 Å². The van der Waals surface area contributed by atoms with Crippen LogP contribution in [0.3, 0.4) is 0 Å². The molecule has 0 N–H and O–H groups in total. The third kappa shape index (κ3) is 1.41. The Morgan fingerprint density at radius 2 is 1.82 bits per heavy atom. The van der Waals surface area contributed by atoms with E-state index in [4.69, 9.17) is 11.6 Å². The third-order valence-corrected chi connectivity index (χ3v) is 2.70. The van der Waals surface area contributed by atoms with E-state index in [-0.39, 0.29) is 0 Å². The Labute approximate surface area is 72.2 Å². The lowest BCUT2D eigenvalue weighted by Gasteiger charge is -1.97. The van der Waals surface area contributed by atoms with Crippen LogP contribution in [0, 0.1) is 6.92 Å². The fourth-order valence-electron chi connectivity index (χ4n) is 1.32. The summed E-state index contributed by atoms with van der Waals surface area (Å²) in [5.41, 5.74) is 2.72. The molecule has 0 amide bonds. The van der Waals surface area contributed by atoms with Crippen LogP contribution in [0.4, 0.5) is 0 Å². The molecule has 1 heteroatoms. The van der Waals surface area contributed by atoms with E-state index < -0.39 is 0 Å². The Morgan fingerprint density at radius 3 is 2.27 bits per heavy atom. The summed E-state index contributed by atoms with van der Waals surface area (Å²) in [6.45, 7) is 2.11. The molecule has 0 heterocycles. The summed E-state index contributed by atoms with van der Waals surface area (Å²) in [5, 5.41) is 0.401. The van der Waals surface area contributed by atoms with Crippen LogP contribution in [0.1, 0.15) is 23.5 Å². The van der Waals surface area contributed by atoms with Gasteiger partial charge in [0, 0.05) is 11.3 Å². The second kappa shape index (κ2) is 2.53. The maximum absolute atomic E-state index is 5.93. The lowest BCUT2D eigenvalue weighted by Crippen LogP contribution is -1.81. The van der Waals surface area contributed by atoms with E-state index in [0.717, 1.165) is 6.42 Å². The molecule has 1 saturated carbocycles. The fourth-order valence-corrected chi connectivity index (χ4v) is 1.66. The van der Waals surface area contributed by atoms with E-state index in [1.165, 1.54) is 11.1 Å². The van der Waals surface area contributed by atoms with Crippen molar-refractivity contribution in [1.29, 1.82) is 0 Å². The summed E-state index contributed by atoms with van der Waals surface area (Å²) in [4.78, 5) is 0. The van der Waals surface area contributed by atoms with E-state index in [1.54, 1.807) is 0 Å². The molecule has 0 spiro atoms. The highest BCUT2D eigenvalue weighted by atomic mass is 35.5. The predicted molar refractivity (Wildman–Crippen MR) is 48.2 cm³/mol. The summed E-state index contributed by atoms with van der Waals surface area (Å²) < 4.78 is 0. The Hall–Kier alpha value is -0.490. The highest BCUT2D eigenvalue weighted by Gasteiger charge is 2.36. The van der Waals surface area contributed by atoms with Crippen LogP contribution in [0.2, 0.25) is 0 Å². The van der Waals surface area contributed by atoms with E-state index in [9.17, 15) is 0 Å². The van der Waals surface area contributed by atoms with Crippen molar-refractivity contribution in [2.45, 2.75) is 24.6 Å². The van der Waals surface area contributed by atoms with Gasteiger partial charge >= 0.3 is 0 Å². The first-order valence-corrected chi connectivity index (χ1v) is 4.41. The van der Waals surface area contributed by atoms with Gasteiger partial charge in [0.25, 0.3) is 0 Å². The second-order valence-corrected chi connectivity index (χ2v) is 3.83. The Morgan fingerprint density at radius 1 is 1.27 bits per heavy atom. The molecule has 0 nitrogen and oxygen atoms in total. The number of aryl methyl sites for hydroxylation is 1. The van der Waals surface area contributed by atoms with Crippen molar-refractivity contribution < 1.29 is 0 Å². The van der Waals surface area contributed by atoms with Crippen molar-refractivity contribution in [3.8, 4) is 0 Å². The van der Waals surface area contributed by atoms with Crippen LogP contribution in [0.15, 0.2) is 24.3 Å². The normalized spacial score (nSPS) is 28.5. The quantitative estimate of drug-likeness (QED) is 0.563. The van der Waals surface area contributed by atoms with Crippen molar-refractivity contribution >= 4 is 11.6 Å². The molecule has 0 unspecified atom stereocenters. The molecular weight excluding hydrogens is 156 g/mol. The predicted octanol–water partition coefficient (Wildman–Crippen LogP) is 3.09. The first-order chi connectivity index (χ1) is 5.27. The number of halogens is 1. The van der Waals surface area contributed by atoms with Crippen molar-refractivity contribution in [2.24, 2.45) is 0 Å². The van der Waals surface area contributed by atoms with E-state index in [2.05, 4.69) is 31.2 Å².